The van der Waals surface area contributed by atoms with Crippen molar-refractivity contribution in [2.45, 2.75) is 25.7 Å². The molecule has 1 aromatic heterocycles. The van der Waals surface area contributed by atoms with E-state index in [4.69, 9.17) is 16.7 Å². The molecule has 0 atom stereocenters. The van der Waals surface area contributed by atoms with E-state index in [1.165, 1.54) is 0 Å². The van der Waals surface area contributed by atoms with Gasteiger partial charge in [-0.15, -0.1) is 0 Å². The van der Waals surface area contributed by atoms with Crippen LogP contribution >= 0.6 is 11.6 Å². The normalized spacial score (nSPS) is 15.6. The van der Waals surface area contributed by atoms with E-state index in [2.05, 4.69) is 9.97 Å². The Hall–Kier alpha value is -1.16. The minimum atomic E-state index is -1.07. The third-order valence-corrected chi connectivity index (χ3v) is 2.49. The highest BCUT2D eigenvalue weighted by molar-refractivity contribution is 6.32. The topological polar surface area (TPSA) is 63.1 Å². The van der Waals surface area contributed by atoms with Gasteiger partial charge in [0.2, 0.25) is 0 Å². The summed E-state index contributed by atoms with van der Waals surface area (Å²) in [6, 6.07) is 0. The van der Waals surface area contributed by atoms with Crippen LogP contribution in [0, 0.1) is 6.92 Å². The Labute approximate surface area is 85.9 Å². The van der Waals surface area contributed by atoms with Crippen LogP contribution < -0.4 is 0 Å². The number of aromatic nitrogens is 2. The Morgan fingerprint density at radius 1 is 1.50 bits per heavy atom. The number of carboxylic acid groups (broad SMARTS) is 1. The molecule has 0 aliphatic heterocycles. The van der Waals surface area contributed by atoms with Crippen molar-refractivity contribution in [3.8, 4) is 0 Å². The molecular weight excluding hydrogens is 204 g/mol. The summed E-state index contributed by atoms with van der Waals surface area (Å²) in [6.07, 6.45) is 2.14. The van der Waals surface area contributed by atoms with Crippen molar-refractivity contribution < 1.29 is 9.90 Å². The Bertz CT molecular complexity index is 379. The first-order chi connectivity index (χ1) is 6.59. The van der Waals surface area contributed by atoms with Gasteiger partial charge in [-0.3, -0.25) is 0 Å². The maximum Gasteiger partial charge on any atom is 0.340 e. The second-order valence-corrected chi connectivity index (χ2v) is 3.77. The van der Waals surface area contributed by atoms with Crippen LogP contribution in [0.15, 0.2) is 0 Å². The van der Waals surface area contributed by atoms with Crippen molar-refractivity contribution in [2.24, 2.45) is 0 Å². The van der Waals surface area contributed by atoms with Crippen LogP contribution in [0.2, 0.25) is 5.15 Å². The first kappa shape index (κ1) is 9.40. The molecule has 1 aliphatic carbocycles. The average molecular weight is 213 g/mol. The summed E-state index contributed by atoms with van der Waals surface area (Å²) in [6.45, 7) is 1.64. The lowest BCUT2D eigenvalue weighted by Gasteiger charge is -2.04. The summed E-state index contributed by atoms with van der Waals surface area (Å²) < 4.78 is 0. The monoisotopic (exact) mass is 212 g/mol. The molecule has 4 nitrogen and oxygen atoms in total. The van der Waals surface area contributed by atoms with Gasteiger partial charge in [-0.05, 0) is 19.8 Å². The highest BCUT2D eigenvalue weighted by Crippen LogP contribution is 2.38. The van der Waals surface area contributed by atoms with E-state index in [1.807, 2.05) is 0 Å². The molecule has 1 aromatic rings. The molecule has 2 rings (SSSR count). The van der Waals surface area contributed by atoms with Crippen LogP contribution in [0.1, 0.15) is 40.6 Å². The Morgan fingerprint density at radius 3 is 2.57 bits per heavy atom. The molecule has 74 valence electrons. The Morgan fingerprint density at radius 2 is 2.14 bits per heavy atom. The number of aromatic carboxylic acids is 1. The van der Waals surface area contributed by atoms with Crippen molar-refractivity contribution in [3.63, 3.8) is 0 Å². The molecule has 0 bridgehead atoms. The maximum absolute atomic E-state index is 10.8. The molecule has 0 saturated heterocycles. The van der Waals surface area contributed by atoms with E-state index in [0.717, 1.165) is 12.8 Å². The van der Waals surface area contributed by atoms with Gasteiger partial charge in [0.15, 0.2) is 0 Å². The SMILES string of the molecule is Cc1nc(C2CC2)nc(Cl)c1C(=O)O. The van der Waals surface area contributed by atoms with Crippen LogP contribution in [-0.4, -0.2) is 21.0 Å². The summed E-state index contributed by atoms with van der Waals surface area (Å²) in [7, 11) is 0. The molecule has 0 unspecified atom stereocenters. The summed E-state index contributed by atoms with van der Waals surface area (Å²) in [5, 5.41) is 8.88. The van der Waals surface area contributed by atoms with E-state index < -0.39 is 5.97 Å². The quantitative estimate of drug-likeness (QED) is 0.762. The molecule has 1 heterocycles. The zero-order valence-corrected chi connectivity index (χ0v) is 8.38. The summed E-state index contributed by atoms with van der Waals surface area (Å²) in [5.41, 5.74) is 0.454. The van der Waals surface area contributed by atoms with Crippen LogP contribution in [0.4, 0.5) is 0 Å². The number of hydrogen-bond acceptors (Lipinski definition) is 3. The first-order valence-corrected chi connectivity index (χ1v) is 4.74. The molecule has 0 radical (unpaired) electrons. The molecule has 0 spiro atoms. The van der Waals surface area contributed by atoms with E-state index in [9.17, 15) is 4.79 Å². The fraction of sp³-hybridized carbons (Fsp3) is 0.444. The highest BCUT2D eigenvalue weighted by Gasteiger charge is 2.28. The predicted octanol–water partition coefficient (Wildman–Crippen LogP) is 2.01. The van der Waals surface area contributed by atoms with Gasteiger partial charge in [-0.1, -0.05) is 11.6 Å². The van der Waals surface area contributed by atoms with Crippen molar-refractivity contribution in [1.82, 2.24) is 9.97 Å². The van der Waals surface area contributed by atoms with Gasteiger partial charge in [0, 0.05) is 5.92 Å². The van der Waals surface area contributed by atoms with Crippen molar-refractivity contribution in [3.05, 3.63) is 22.2 Å². The Balaban J connectivity index is 2.49. The lowest BCUT2D eigenvalue weighted by atomic mass is 10.2. The molecule has 0 amide bonds. The molecule has 14 heavy (non-hydrogen) atoms. The molecule has 1 fully saturated rings. The largest absolute Gasteiger partial charge is 0.478 e. The number of rotatable bonds is 2. The van der Waals surface area contributed by atoms with Crippen molar-refractivity contribution in [2.75, 3.05) is 0 Å². The van der Waals surface area contributed by atoms with Crippen LogP contribution in [-0.2, 0) is 0 Å². The summed E-state index contributed by atoms with van der Waals surface area (Å²) in [4.78, 5) is 18.9. The zero-order chi connectivity index (χ0) is 10.3. The average Bonchev–Trinajstić information content (AvgIpc) is 2.83. The van der Waals surface area contributed by atoms with Gasteiger partial charge >= 0.3 is 5.97 Å². The second-order valence-electron chi connectivity index (χ2n) is 3.41. The summed E-state index contributed by atoms with van der Waals surface area (Å²) in [5.74, 6) is -0.0126. The first-order valence-electron chi connectivity index (χ1n) is 4.37. The standard InChI is InChI=1S/C9H9ClN2O2/c1-4-6(9(13)14)7(10)12-8(11-4)5-2-3-5/h5H,2-3H2,1H3,(H,13,14). The molecule has 1 saturated carbocycles. The zero-order valence-electron chi connectivity index (χ0n) is 7.62. The van der Waals surface area contributed by atoms with Crippen molar-refractivity contribution in [1.29, 1.82) is 0 Å². The smallest absolute Gasteiger partial charge is 0.340 e. The van der Waals surface area contributed by atoms with E-state index in [0.29, 0.717) is 17.4 Å². The van der Waals surface area contributed by atoms with Crippen molar-refractivity contribution >= 4 is 17.6 Å². The molecule has 1 N–H and O–H groups in total. The van der Waals surface area contributed by atoms with Crippen LogP contribution in [0.3, 0.4) is 0 Å². The lowest BCUT2D eigenvalue weighted by molar-refractivity contribution is 0.0695. The van der Waals surface area contributed by atoms with Gasteiger partial charge in [-0.25, -0.2) is 14.8 Å². The summed E-state index contributed by atoms with van der Waals surface area (Å²) >= 11 is 5.77. The van der Waals surface area contributed by atoms with Crippen LogP contribution in [0.5, 0.6) is 0 Å². The fourth-order valence-corrected chi connectivity index (χ4v) is 1.63. The lowest BCUT2D eigenvalue weighted by Crippen LogP contribution is -2.07. The molecule has 0 aromatic carbocycles. The van der Waals surface area contributed by atoms with E-state index in [1.54, 1.807) is 6.92 Å². The van der Waals surface area contributed by atoms with E-state index in [-0.39, 0.29) is 10.7 Å². The number of hydrogen-bond donors (Lipinski definition) is 1. The fourth-order valence-electron chi connectivity index (χ4n) is 1.33. The minimum absolute atomic E-state index is 0.0102. The van der Waals surface area contributed by atoms with Gasteiger partial charge in [0.05, 0.1) is 5.69 Å². The minimum Gasteiger partial charge on any atom is -0.478 e. The van der Waals surface area contributed by atoms with Gasteiger partial charge in [0.25, 0.3) is 0 Å². The number of carbonyl (C=O) groups is 1. The second kappa shape index (κ2) is 3.20. The molecule has 5 heteroatoms. The molecular formula is C9H9ClN2O2. The highest BCUT2D eigenvalue weighted by atomic mass is 35.5. The van der Waals surface area contributed by atoms with Gasteiger partial charge < -0.3 is 5.11 Å². The number of halogens is 1. The van der Waals surface area contributed by atoms with Gasteiger partial charge in [0.1, 0.15) is 16.5 Å². The number of aryl methyl sites for hydroxylation is 1. The predicted molar refractivity (Wildman–Crippen MR) is 50.7 cm³/mol. The molecule has 1 aliphatic rings. The maximum atomic E-state index is 10.8. The van der Waals surface area contributed by atoms with E-state index >= 15 is 0 Å². The number of nitrogens with zero attached hydrogens (tertiary/aromatic N) is 2. The third-order valence-electron chi connectivity index (χ3n) is 2.22. The number of carboxylic acids is 1. The third kappa shape index (κ3) is 1.57. The van der Waals surface area contributed by atoms with Crippen LogP contribution in [0.25, 0.3) is 0 Å². The Kier molecular flexibility index (Phi) is 2.15. The van der Waals surface area contributed by atoms with Gasteiger partial charge in [-0.2, -0.15) is 0 Å².